The van der Waals surface area contributed by atoms with Gasteiger partial charge in [0.15, 0.2) is 5.60 Å². The van der Waals surface area contributed by atoms with Gasteiger partial charge in [0.05, 0.1) is 16.3 Å². The van der Waals surface area contributed by atoms with Gasteiger partial charge in [0.2, 0.25) is 5.91 Å². The number of amides is 2. The average molecular weight is 418 g/mol. The van der Waals surface area contributed by atoms with E-state index in [1.165, 1.54) is 17.0 Å². The van der Waals surface area contributed by atoms with E-state index < -0.39 is 10.5 Å². The van der Waals surface area contributed by atoms with Gasteiger partial charge in [-0.25, -0.2) is 0 Å². The summed E-state index contributed by atoms with van der Waals surface area (Å²) < 4.78 is 5.76. The SMILES string of the molecule is Cc1ccc([N+](=O)[O-])cc1NC(=O)CCN1C(=O)C(C)(C)Oc2ccc(Cl)cc21. The summed E-state index contributed by atoms with van der Waals surface area (Å²) >= 11 is 6.06. The summed E-state index contributed by atoms with van der Waals surface area (Å²) in [6, 6.07) is 9.23. The minimum Gasteiger partial charge on any atom is -0.476 e. The fraction of sp³-hybridized carbons (Fsp3) is 0.300. The normalized spacial score (nSPS) is 14.8. The quantitative estimate of drug-likeness (QED) is 0.583. The number of benzene rings is 2. The van der Waals surface area contributed by atoms with Crippen LogP contribution in [0.1, 0.15) is 25.8 Å². The van der Waals surface area contributed by atoms with Crippen molar-refractivity contribution >= 4 is 40.5 Å². The van der Waals surface area contributed by atoms with E-state index in [-0.39, 0.29) is 30.5 Å². The van der Waals surface area contributed by atoms with Gasteiger partial charge in [-0.2, -0.15) is 0 Å². The van der Waals surface area contributed by atoms with Crippen molar-refractivity contribution in [3.63, 3.8) is 0 Å². The Kier molecular flexibility index (Phi) is 5.48. The van der Waals surface area contributed by atoms with Crippen molar-refractivity contribution in [3.05, 3.63) is 57.1 Å². The number of anilines is 2. The molecule has 1 heterocycles. The lowest BCUT2D eigenvalue weighted by atomic mass is 10.0. The number of nitrogens with one attached hydrogen (secondary N) is 1. The zero-order valence-corrected chi connectivity index (χ0v) is 16.9. The second-order valence-corrected chi connectivity index (χ2v) is 7.67. The van der Waals surface area contributed by atoms with E-state index in [0.717, 1.165) is 0 Å². The van der Waals surface area contributed by atoms with Gasteiger partial charge in [-0.1, -0.05) is 17.7 Å². The molecule has 9 heteroatoms. The van der Waals surface area contributed by atoms with Gasteiger partial charge in [-0.05, 0) is 44.5 Å². The van der Waals surface area contributed by atoms with Crippen molar-refractivity contribution in [1.29, 1.82) is 0 Å². The molecule has 0 saturated carbocycles. The maximum absolute atomic E-state index is 12.8. The molecule has 0 atom stereocenters. The summed E-state index contributed by atoms with van der Waals surface area (Å²) in [5, 5.41) is 14.1. The van der Waals surface area contributed by atoms with Gasteiger partial charge < -0.3 is 15.0 Å². The number of carbonyl (C=O) groups excluding carboxylic acids is 2. The van der Waals surface area contributed by atoms with E-state index in [1.54, 1.807) is 45.0 Å². The van der Waals surface area contributed by atoms with E-state index in [0.29, 0.717) is 27.7 Å². The van der Waals surface area contributed by atoms with E-state index >= 15 is 0 Å². The number of non-ortho nitro benzene ring substituents is 1. The zero-order chi connectivity index (χ0) is 21.3. The van der Waals surface area contributed by atoms with Crippen molar-refractivity contribution in [2.45, 2.75) is 32.8 Å². The highest BCUT2D eigenvalue weighted by molar-refractivity contribution is 6.31. The van der Waals surface area contributed by atoms with Crippen LogP contribution in [0.4, 0.5) is 17.1 Å². The Morgan fingerprint density at radius 2 is 2.00 bits per heavy atom. The summed E-state index contributed by atoms with van der Waals surface area (Å²) in [4.78, 5) is 37.2. The molecule has 0 radical (unpaired) electrons. The molecule has 1 aliphatic rings. The van der Waals surface area contributed by atoms with E-state index in [9.17, 15) is 19.7 Å². The van der Waals surface area contributed by atoms with Crippen LogP contribution in [0, 0.1) is 17.0 Å². The molecule has 1 aliphatic heterocycles. The van der Waals surface area contributed by atoms with Crippen LogP contribution in [0.3, 0.4) is 0 Å². The fourth-order valence-electron chi connectivity index (χ4n) is 3.05. The number of hydrogen-bond donors (Lipinski definition) is 1. The van der Waals surface area contributed by atoms with Crippen LogP contribution >= 0.6 is 11.6 Å². The lowest BCUT2D eigenvalue weighted by Gasteiger charge is -2.38. The van der Waals surface area contributed by atoms with Gasteiger partial charge in [-0.15, -0.1) is 0 Å². The van der Waals surface area contributed by atoms with Crippen LogP contribution in [0.25, 0.3) is 0 Å². The number of ether oxygens (including phenoxy) is 1. The molecule has 2 aromatic rings. The number of nitro benzene ring substituents is 1. The van der Waals surface area contributed by atoms with Crippen molar-refractivity contribution in [2.24, 2.45) is 0 Å². The molecule has 2 aromatic carbocycles. The summed E-state index contributed by atoms with van der Waals surface area (Å²) in [5.74, 6) is -0.144. The van der Waals surface area contributed by atoms with Crippen molar-refractivity contribution in [3.8, 4) is 5.75 Å². The fourth-order valence-corrected chi connectivity index (χ4v) is 3.21. The summed E-state index contributed by atoms with van der Waals surface area (Å²) in [6.07, 6.45) is -0.00406. The number of halogens is 1. The predicted octanol–water partition coefficient (Wildman–Crippen LogP) is 4.09. The molecule has 0 bridgehead atoms. The standard InChI is InChI=1S/C20H20ClN3O5/c1-12-4-6-14(24(27)28)11-15(12)22-18(25)8-9-23-16-10-13(21)5-7-17(16)29-20(2,3)19(23)26/h4-7,10-11H,8-9H2,1-3H3,(H,22,25). The third-order valence-electron chi connectivity index (χ3n) is 4.61. The molecular formula is C20H20ClN3O5. The predicted molar refractivity (Wildman–Crippen MR) is 110 cm³/mol. The highest BCUT2D eigenvalue weighted by Gasteiger charge is 2.40. The molecule has 0 spiro atoms. The van der Waals surface area contributed by atoms with Crippen LogP contribution in [-0.2, 0) is 9.59 Å². The topological polar surface area (TPSA) is 102 Å². The lowest BCUT2D eigenvalue weighted by Crippen LogP contribution is -2.53. The second kappa shape index (κ2) is 7.71. The third kappa shape index (κ3) is 4.32. The molecule has 0 saturated heterocycles. The smallest absolute Gasteiger partial charge is 0.271 e. The van der Waals surface area contributed by atoms with Crippen molar-refractivity contribution < 1.29 is 19.2 Å². The molecule has 0 aliphatic carbocycles. The first-order valence-corrected chi connectivity index (χ1v) is 9.32. The van der Waals surface area contributed by atoms with Gasteiger partial charge in [0, 0.05) is 30.1 Å². The number of nitrogens with zero attached hydrogens (tertiary/aromatic N) is 2. The highest BCUT2D eigenvalue weighted by Crippen LogP contribution is 2.39. The number of nitro groups is 1. The van der Waals surface area contributed by atoms with E-state index in [1.807, 2.05) is 0 Å². The molecule has 0 fully saturated rings. The number of hydrogen-bond acceptors (Lipinski definition) is 5. The minimum absolute atomic E-state index is 0.00406. The Morgan fingerprint density at radius 1 is 1.28 bits per heavy atom. The Hall–Kier alpha value is -3.13. The summed E-state index contributed by atoms with van der Waals surface area (Å²) in [7, 11) is 0. The third-order valence-corrected chi connectivity index (χ3v) is 4.84. The lowest BCUT2D eigenvalue weighted by molar-refractivity contribution is -0.384. The van der Waals surface area contributed by atoms with Gasteiger partial charge in [0.1, 0.15) is 5.75 Å². The van der Waals surface area contributed by atoms with Crippen LogP contribution in [0.5, 0.6) is 5.75 Å². The zero-order valence-electron chi connectivity index (χ0n) is 16.2. The summed E-state index contributed by atoms with van der Waals surface area (Å²) in [5.41, 5.74) is 0.375. The molecule has 8 nitrogen and oxygen atoms in total. The molecule has 152 valence electrons. The number of fused-ring (bicyclic) bond motifs is 1. The minimum atomic E-state index is -1.08. The highest BCUT2D eigenvalue weighted by atomic mass is 35.5. The molecular weight excluding hydrogens is 398 g/mol. The van der Waals surface area contributed by atoms with Crippen molar-refractivity contribution in [1.82, 2.24) is 0 Å². The number of aryl methyl sites for hydroxylation is 1. The van der Waals surface area contributed by atoms with Crippen molar-refractivity contribution in [2.75, 3.05) is 16.8 Å². The first-order valence-electron chi connectivity index (χ1n) is 8.94. The number of rotatable bonds is 5. The van der Waals surface area contributed by atoms with Gasteiger partial charge in [0.25, 0.3) is 11.6 Å². The maximum atomic E-state index is 12.8. The van der Waals surface area contributed by atoms with Crippen LogP contribution in [0.2, 0.25) is 5.02 Å². The monoisotopic (exact) mass is 417 g/mol. The van der Waals surface area contributed by atoms with E-state index in [4.69, 9.17) is 16.3 Å². The first-order chi connectivity index (χ1) is 13.6. The molecule has 0 unspecified atom stereocenters. The summed E-state index contributed by atoms with van der Waals surface area (Å²) in [6.45, 7) is 5.17. The largest absolute Gasteiger partial charge is 0.476 e. The van der Waals surface area contributed by atoms with Gasteiger partial charge >= 0.3 is 0 Å². The Bertz CT molecular complexity index is 1010. The van der Waals surface area contributed by atoms with Crippen LogP contribution in [0.15, 0.2) is 36.4 Å². The van der Waals surface area contributed by atoms with Gasteiger partial charge in [-0.3, -0.25) is 19.7 Å². The Balaban J connectivity index is 1.76. The molecule has 1 N–H and O–H groups in total. The Labute approximate surface area is 172 Å². The van der Waals surface area contributed by atoms with E-state index in [2.05, 4.69) is 5.32 Å². The van der Waals surface area contributed by atoms with Crippen LogP contribution < -0.4 is 15.0 Å². The molecule has 2 amide bonds. The molecule has 29 heavy (non-hydrogen) atoms. The first kappa shape index (κ1) is 20.6. The molecule has 0 aromatic heterocycles. The average Bonchev–Trinajstić information content (AvgIpc) is 2.64. The number of carbonyl (C=O) groups is 2. The Morgan fingerprint density at radius 3 is 2.69 bits per heavy atom. The molecule has 3 rings (SSSR count). The second-order valence-electron chi connectivity index (χ2n) is 7.24. The van der Waals surface area contributed by atoms with Crippen LogP contribution in [-0.4, -0.2) is 28.9 Å². The maximum Gasteiger partial charge on any atom is 0.271 e.